The number of nitriles is 1. The molecule has 29 heavy (non-hydrogen) atoms. The fourth-order valence-electron chi connectivity index (χ4n) is 4.40. The van der Waals surface area contributed by atoms with Crippen LogP contribution in [0.2, 0.25) is 0 Å². The summed E-state index contributed by atoms with van der Waals surface area (Å²) < 4.78 is 11.7. The first-order valence-electron chi connectivity index (χ1n) is 10.2. The molecular weight excluding hydrogens is 360 g/mol. The van der Waals surface area contributed by atoms with Crippen molar-refractivity contribution < 1.29 is 14.0 Å². The van der Waals surface area contributed by atoms with Crippen molar-refractivity contribution in [3.8, 4) is 11.8 Å². The Bertz CT molecular complexity index is 996. The topological polar surface area (TPSA) is 42.2 Å². The second kappa shape index (κ2) is 8.65. The van der Waals surface area contributed by atoms with Gasteiger partial charge in [0.05, 0.1) is 20.3 Å². The number of quaternary nitrogens is 1. The molecule has 1 aliphatic heterocycles. The molecule has 3 aromatic carbocycles. The zero-order valence-corrected chi connectivity index (χ0v) is 16.9. The Morgan fingerprint density at radius 3 is 2.45 bits per heavy atom. The standard InChI is InChI=1S/C25H27N2O2/c1-28-24-11-9-20(10-12-24)17-23(18-26)27(13-15-29-16-14-27)19-22-7-4-6-21-5-2-3-8-25(21)22/h2-12,23H,13-17,19H2,1H3/q+1. The number of rotatable bonds is 6. The molecule has 3 aromatic rings. The van der Waals surface area contributed by atoms with Crippen molar-refractivity contribution in [2.75, 3.05) is 33.4 Å². The highest BCUT2D eigenvalue weighted by molar-refractivity contribution is 5.85. The van der Waals surface area contributed by atoms with E-state index < -0.39 is 0 Å². The van der Waals surface area contributed by atoms with E-state index in [0.29, 0.717) is 13.2 Å². The maximum absolute atomic E-state index is 10.2. The smallest absolute Gasteiger partial charge is 0.180 e. The van der Waals surface area contributed by atoms with Crippen LogP contribution in [0.4, 0.5) is 0 Å². The summed E-state index contributed by atoms with van der Waals surface area (Å²) in [7, 11) is 1.67. The van der Waals surface area contributed by atoms with E-state index in [1.807, 2.05) is 12.1 Å². The van der Waals surface area contributed by atoms with Crippen LogP contribution in [-0.4, -0.2) is 43.9 Å². The summed E-state index contributed by atoms with van der Waals surface area (Å²) in [6, 6.07) is 25.6. The average molecular weight is 388 g/mol. The van der Waals surface area contributed by atoms with Crippen molar-refractivity contribution in [2.24, 2.45) is 0 Å². The first kappa shape index (κ1) is 19.4. The number of morpholine rings is 1. The van der Waals surface area contributed by atoms with Gasteiger partial charge < -0.3 is 14.0 Å². The number of fused-ring (bicyclic) bond motifs is 1. The molecule has 1 unspecified atom stereocenters. The minimum Gasteiger partial charge on any atom is -0.497 e. The quantitative estimate of drug-likeness (QED) is 0.591. The molecule has 0 saturated carbocycles. The monoisotopic (exact) mass is 387 g/mol. The summed E-state index contributed by atoms with van der Waals surface area (Å²) >= 11 is 0. The fraction of sp³-hybridized carbons (Fsp3) is 0.320. The molecule has 0 N–H and O–H groups in total. The van der Waals surface area contributed by atoms with Gasteiger partial charge in [0.1, 0.15) is 31.5 Å². The molecule has 4 nitrogen and oxygen atoms in total. The van der Waals surface area contributed by atoms with E-state index >= 15 is 0 Å². The lowest BCUT2D eigenvalue weighted by Crippen LogP contribution is -2.60. The summed E-state index contributed by atoms with van der Waals surface area (Å²) in [5.74, 6) is 0.841. The van der Waals surface area contributed by atoms with Crippen molar-refractivity contribution in [3.05, 3.63) is 77.9 Å². The second-order valence-corrected chi connectivity index (χ2v) is 7.77. The fourth-order valence-corrected chi connectivity index (χ4v) is 4.40. The van der Waals surface area contributed by atoms with Gasteiger partial charge in [-0.05, 0) is 28.5 Å². The third kappa shape index (κ3) is 4.12. The van der Waals surface area contributed by atoms with Crippen LogP contribution in [0, 0.1) is 11.3 Å². The van der Waals surface area contributed by atoms with E-state index in [1.54, 1.807) is 7.11 Å². The molecule has 4 heteroatoms. The first-order chi connectivity index (χ1) is 14.2. The number of hydrogen-bond donors (Lipinski definition) is 0. The molecular formula is C25H27N2O2+. The Kier molecular flexibility index (Phi) is 5.80. The van der Waals surface area contributed by atoms with E-state index in [9.17, 15) is 5.26 Å². The van der Waals surface area contributed by atoms with Crippen LogP contribution < -0.4 is 4.74 Å². The van der Waals surface area contributed by atoms with Crippen LogP contribution in [0.3, 0.4) is 0 Å². The number of nitrogens with zero attached hydrogens (tertiary/aromatic N) is 2. The highest BCUT2D eigenvalue weighted by Crippen LogP contribution is 2.28. The molecule has 0 radical (unpaired) electrons. The van der Waals surface area contributed by atoms with Gasteiger partial charge in [-0.25, -0.2) is 0 Å². The predicted octanol–water partition coefficient (Wildman–Crippen LogP) is 4.33. The number of benzene rings is 3. The maximum atomic E-state index is 10.2. The summed E-state index contributed by atoms with van der Waals surface area (Å²) in [6.45, 7) is 3.96. The van der Waals surface area contributed by atoms with Crippen LogP contribution in [0.5, 0.6) is 5.75 Å². The van der Waals surface area contributed by atoms with Gasteiger partial charge in [0, 0.05) is 12.0 Å². The van der Waals surface area contributed by atoms with Gasteiger partial charge in [0.25, 0.3) is 0 Å². The third-order valence-corrected chi connectivity index (χ3v) is 6.13. The Labute approximate surface area is 172 Å². The molecule has 1 fully saturated rings. The summed E-state index contributed by atoms with van der Waals surface area (Å²) in [5, 5.41) is 12.7. The van der Waals surface area contributed by atoms with Crippen molar-refractivity contribution in [3.63, 3.8) is 0 Å². The van der Waals surface area contributed by atoms with Gasteiger partial charge in [-0.15, -0.1) is 0 Å². The second-order valence-electron chi connectivity index (χ2n) is 7.77. The molecule has 0 aliphatic carbocycles. The normalized spacial score (nSPS) is 16.8. The largest absolute Gasteiger partial charge is 0.497 e. The predicted molar refractivity (Wildman–Crippen MR) is 115 cm³/mol. The van der Waals surface area contributed by atoms with E-state index in [4.69, 9.17) is 9.47 Å². The molecule has 1 saturated heterocycles. The molecule has 0 amide bonds. The lowest BCUT2D eigenvalue weighted by Gasteiger charge is -2.44. The minimum absolute atomic E-state index is 0.119. The van der Waals surface area contributed by atoms with Gasteiger partial charge in [-0.2, -0.15) is 5.26 Å². The van der Waals surface area contributed by atoms with Crippen LogP contribution in [-0.2, 0) is 17.7 Å². The van der Waals surface area contributed by atoms with Gasteiger partial charge >= 0.3 is 0 Å². The Morgan fingerprint density at radius 2 is 1.72 bits per heavy atom. The van der Waals surface area contributed by atoms with Gasteiger partial charge in [0.15, 0.2) is 6.04 Å². The minimum atomic E-state index is -0.119. The summed E-state index contributed by atoms with van der Waals surface area (Å²) in [5.41, 5.74) is 2.47. The average Bonchev–Trinajstić information content (AvgIpc) is 2.78. The molecule has 1 heterocycles. The molecule has 0 aromatic heterocycles. The Balaban J connectivity index is 1.66. The Hall–Kier alpha value is -2.87. The van der Waals surface area contributed by atoms with Crippen LogP contribution in [0.25, 0.3) is 10.8 Å². The van der Waals surface area contributed by atoms with Crippen molar-refractivity contribution in [1.29, 1.82) is 5.26 Å². The Morgan fingerprint density at radius 1 is 1.00 bits per heavy atom. The summed E-state index contributed by atoms with van der Waals surface area (Å²) in [4.78, 5) is 0. The number of methoxy groups -OCH3 is 1. The lowest BCUT2D eigenvalue weighted by molar-refractivity contribution is -0.962. The van der Waals surface area contributed by atoms with Crippen molar-refractivity contribution in [2.45, 2.75) is 19.0 Å². The molecule has 1 atom stereocenters. The highest BCUT2D eigenvalue weighted by atomic mass is 16.5. The number of ether oxygens (including phenoxy) is 2. The number of hydrogen-bond acceptors (Lipinski definition) is 3. The highest BCUT2D eigenvalue weighted by Gasteiger charge is 2.39. The summed E-state index contributed by atoms with van der Waals surface area (Å²) in [6.07, 6.45) is 0.727. The van der Waals surface area contributed by atoms with Gasteiger partial charge in [0.2, 0.25) is 0 Å². The first-order valence-corrected chi connectivity index (χ1v) is 10.2. The van der Waals surface area contributed by atoms with E-state index in [-0.39, 0.29) is 6.04 Å². The third-order valence-electron chi connectivity index (χ3n) is 6.13. The molecule has 4 rings (SSSR count). The van der Waals surface area contributed by atoms with E-state index in [1.165, 1.54) is 21.9 Å². The molecule has 0 spiro atoms. The van der Waals surface area contributed by atoms with Gasteiger partial charge in [-0.1, -0.05) is 54.6 Å². The van der Waals surface area contributed by atoms with Crippen LogP contribution in [0.1, 0.15) is 11.1 Å². The van der Waals surface area contributed by atoms with Crippen LogP contribution in [0.15, 0.2) is 66.7 Å². The lowest BCUT2D eigenvalue weighted by atomic mass is 9.98. The van der Waals surface area contributed by atoms with Crippen molar-refractivity contribution in [1.82, 2.24) is 0 Å². The molecule has 1 aliphatic rings. The van der Waals surface area contributed by atoms with Gasteiger partial charge in [-0.3, -0.25) is 0 Å². The maximum Gasteiger partial charge on any atom is 0.180 e. The van der Waals surface area contributed by atoms with Crippen LogP contribution >= 0.6 is 0 Å². The molecule has 148 valence electrons. The van der Waals surface area contributed by atoms with E-state index in [2.05, 4.69) is 60.7 Å². The molecule has 0 bridgehead atoms. The zero-order chi connectivity index (χ0) is 20.1. The van der Waals surface area contributed by atoms with Crippen molar-refractivity contribution >= 4 is 10.8 Å². The zero-order valence-electron chi connectivity index (χ0n) is 16.9. The SMILES string of the molecule is COc1ccc(CC(C#N)[N+]2(Cc3cccc4ccccc34)CCOCC2)cc1. The van der Waals surface area contributed by atoms with E-state index in [0.717, 1.165) is 36.3 Å².